The number of methoxy groups -OCH3 is 1. The van der Waals surface area contributed by atoms with E-state index in [1.165, 1.54) is 25.5 Å². The molecule has 1 aromatic carbocycles. The van der Waals surface area contributed by atoms with Gasteiger partial charge >= 0.3 is 6.03 Å². The lowest BCUT2D eigenvalue weighted by Crippen LogP contribution is -2.40. The number of hydrogen-bond donors (Lipinski definition) is 1. The summed E-state index contributed by atoms with van der Waals surface area (Å²) < 4.78 is 4.91. The maximum Gasteiger partial charge on any atom is 0.321 e. The molecule has 1 aromatic rings. The topological polar surface area (TPSA) is 61.9 Å². The Morgan fingerprint density at radius 1 is 1.12 bits per heavy atom. The van der Waals surface area contributed by atoms with Gasteiger partial charge < -0.3 is 19.9 Å². The first-order valence-electron chi connectivity index (χ1n) is 8.60. The second-order valence-corrected chi connectivity index (χ2v) is 6.45. The van der Waals surface area contributed by atoms with Gasteiger partial charge in [-0.2, -0.15) is 0 Å². The first kappa shape index (κ1) is 16.8. The van der Waals surface area contributed by atoms with Crippen molar-refractivity contribution in [3.05, 3.63) is 29.8 Å². The van der Waals surface area contributed by atoms with E-state index in [0.29, 0.717) is 32.1 Å². The van der Waals surface area contributed by atoms with E-state index in [-0.39, 0.29) is 18.5 Å². The number of anilines is 1. The van der Waals surface area contributed by atoms with Crippen molar-refractivity contribution in [3.63, 3.8) is 0 Å². The summed E-state index contributed by atoms with van der Waals surface area (Å²) in [7, 11) is 1.52. The molecule has 0 unspecified atom stereocenters. The van der Waals surface area contributed by atoms with E-state index in [2.05, 4.69) is 11.4 Å². The van der Waals surface area contributed by atoms with Crippen LogP contribution in [0.25, 0.3) is 0 Å². The summed E-state index contributed by atoms with van der Waals surface area (Å²) in [5, 5.41) is 3.06. The lowest BCUT2D eigenvalue weighted by atomic mass is 10.1. The smallest absolute Gasteiger partial charge is 0.321 e. The van der Waals surface area contributed by atoms with Crippen LogP contribution in [0.5, 0.6) is 0 Å². The summed E-state index contributed by atoms with van der Waals surface area (Å²) in [4.78, 5) is 28.1. The maximum atomic E-state index is 12.6. The molecule has 0 aromatic heterocycles. The number of rotatable bonds is 4. The number of amides is 3. The largest absolute Gasteiger partial charge is 0.375 e. The second-order valence-electron chi connectivity index (χ2n) is 6.45. The molecule has 2 aliphatic rings. The molecule has 6 heteroatoms. The molecule has 3 amide bonds. The Kier molecular flexibility index (Phi) is 5.35. The molecule has 1 N–H and O–H groups in total. The van der Waals surface area contributed by atoms with Gasteiger partial charge in [-0.1, -0.05) is 18.2 Å². The Morgan fingerprint density at radius 2 is 1.83 bits per heavy atom. The summed E-state index contributed by atoms with van der Waals surface area (Å²) in [6.45, 7) is 2.53. The first-order chi connectivity index (χ1) is 11.7. The minimum absolute atomic E-state index is 0.0150. The standard InChI is InChI=1S/C18H25N3O3/c1-24-13-17(22)20-9-4-10-21(12-11-20)18(23)19-16-6-3-2-5-15(16)14-7-8-14/h2-3,5-6,14H,4,7-13H2,1H3,(H,19,23). The van der Waals surface area contributed by atoms with Crippen LogP contribution in [0.2, 0.25) is 0 Å². The Bertz CT molecular complexity index is 601. The van der Waals surface area contributed by atoms with E-state index >= 15 is 0 Å². The fourth-order valence-corrected chi connectivity index (χ4v) is 3.14. The van der Waals surface area contributed by atoms with E-state index in [1.54, 1.807) is 9.80 Å². The molecule has 1 saturated carbocycles. The Balaban J connectivity index is 1.59. The molecule has 0 radical (unpaired) electrons. The number of urea groups is 1. The van der Waals surface area contributed by atoms with Crippen LogP contribution in [-0.4, -0.2) is 61.6 Å². The highest BCUT2D eigenvalue weighted by atomic mass is 16.5. The predicted molar refractivity (Wildman–Crippen MR) is 92.1 cm³/mol. The van der Waals surface area contributed by atoms with Crippen molar-refractivity contribution in [1.29, 1.82) is 0 Å². The average Bonchev–Trinajstić information content (AvgIpc) is 3.42. The van der Waals surface area contributed by atoms with Gasteiger partial charge in [0.25, 0.3) is 0 Å². The summed E-state index contributed by atoms with van der Waals surface area (Å²) in [6, 6.07) is 7.96. The molecule has 130 valence electrons. The van der Waals surface area contributed by atoms with Crippen LogP contribution < -0.4 is 5.32 Å². The zero-order valence-corrected chi connectivity index (χ0v) is 14.2. The monoisotopic (exact) mass is 331 g/mol. The number of benzene rings is 1. The fourth-order valence-electron chi connectivity index (χ4n) is 3.14. The highest BCUT2D eigenvalue weighted by molar-refractivity contribution is 5.90. The van der Waals surface area contributed by atoms with E-state index in [1.807, 2.05) is 18.2 Å². The van der Waals surface area contributed by atoms with E-state index < -0.39 is 0 Å². The van der Waals surface area contributed by atoms with Crippen LogP contribution in [0.1, 0.15) is 30.7 Å². The van der Waals surface area contributed by atoms with Crippen LogP contribution in [0, 0.1) is 0 Å². The van der Waals surface area contributed by atoms with Crippen LogP contribution in [0.15, 0.2) is 24.3 Å². The number of para-hydroxylation sites is 1. The van der Waals surface area contributed by atoms with Crippen molar-refractivity contribution < 1.29 is 14.3 Å². The average molecular weight is 331 g/mol. The number of nitrogens with zero attached hydrogens (tertiary/aromatic N) is 2. The second kappa shape index (κ2) is 7.66. The Labute approximate surface area is 142 Å². The normalized spacial score (nSPS) is 18.2. The van der Waals surface area contributed by atoms with Crippen molar-refractivity contribution >= 4 is 17.6 Å². The molecular formula is C18H25N3O3. The zero-order valence-electron chi connectivity index (χ0n) is 14.2. The van der Waals surface area contributed by atoms with Crippen molar-refractivity contribution in [2.24, 2.45) is 0 Å². The van der Waals surface area contributed by atoms with Gasteiger partial charge in [-0.15, -0.1) is 0 Å². The maximum absolute atomic E-state index is 12.6. The molecule has 3 rings (SSSR count). The molecule has 0 atom stereocenters. The first-order valence-corrected chi connectivity index (χ1v) is 8.60. The number of carbonyl (C=O) groups excluding carboxylic acids is 2. The van der Waals surface area contributed by atoms with Gasteiger partial charge in [0, 0.05) is 39.0 Å². The Morgan fingerprint density at radius 3 is 2.58 bits per heavy atom. The number of nitrogens with one attached hydrogen (secondary N) is 1. The summed E-state index contributed by atoms with van der Waals surface area (Å²) in [5.41, 5.74) is 2.15. The molecule has 1 saturated heterocycles. The molecule has 0 bridgehead atoms. The quantitative estimate of drug-likeness (QED) is 0.921. The van der Waals surface area contributed by atoms with Crippen molar-refractivity contribution in [3.8, 4) is 0 Å². The van der Waals surface area contributed by atoms with Gasteiger partial charge in [-0.25, -0.2) is 4.79 Å². The van der Waals surface area contributed by atoms with E-state index in [9.17, 15) is 9.59 Å². The van der Waals surface area contributed by atoms with Gasteiger partial charge in [0.05, 0.1) is 0 Å². The lowest BCUT2D eigenvalue weighted by Gasteiger charge is -2.23. The van der Waals surface area contributed by atoms with Gasteiger partial charge in [0.1, 0.15) is 6.61 Å². The van der Waals surface area contributed by atoms with Crippen LogP contribution in [0.3, 0.4) is 0 Å². The van der Waals surface area contributed by atoms with E-state index in [4.69, 9.17) is 4.74 Å². The zero-order chi connectivity index (χ0) is 16.9. The van der Waals surface area contributed by atoms with Crippen molar-refractivity contribution in [1.82, 2.24) is 9.80 Å². The third kappa shape index (κ3) is 4.06. The third-order valence-electron chi connectivity index (χ3n) is 4.62. The summed E-state index contributed by atoms with van der Waals surface area (Å²) in [5.74, 6) is 0.576. The van der Waals surface area contributed by atoms with E-state index in [0.717, 1.165) is 12.1 Å². The van der Waals surface area contributed by atoms with Gasteiger partial charge in [-0.05, 0) is 36.8 Å². The highest BCUT2D eigenvalue weighted by Crippen LogP contribution is 2.43. The minimum atomic E-state index is -0.0795. The number of ether oxygens (including phenoxy) is 1. The molecule has 1 heterocycles. The molecule has 2 fully saturated rings. The number of carbonyl (C=O) groups is 2. The molecular weight excluding hydrogens is 306 g/mol. The summed E-state index contributed by atoms with van der Waals surface area (Å²) in [6.07, 6.45) is 3.19. The number of hydrogen-bond acceptors (Lipinski definition) is 3. The molecule has 0 spiro atoms. The van der Waals surface area contributed by atoms with Crippen LogP contribution in [0.4, 0.5) is 10.5 Å². The van der Waals surface area contributed by atoms with Gasteiger partial charge in [0.2, 0.25) is 5.91 Å². The molecule has 6 nitrogen and oxygen atoms in total. The highest BCUT2D eigenvalue weighted by Gasteiger charge is 2.27. The predicted octanol–water partition coefficient (Wildman–Crippen LogP) is 2.28. The van der Waals surface area contributed by atoms with Crippen LogP contribution >= 0.6 is 0 Å². The molecule has 24 heavy (non-hydrogen) atoms. The van der Waals surface area contributed by atoms with Gasteiger partial charge in [-0.3, -0.25) is 4.79 Å². The SMILES string of the molecule is COCC(=O)N1CCCN(C(=O)Nc2ccccc2C2CC2)CC1. The Hall–Kier alpha value is -2.08. The third-order valence-corrected chi connectivity index (χ3v) is 4.62. The summed E-state index contributed by atoms with van der Waals surface area (Å²) >= 11 is 0. The van der Waals surface area contributed by atoms with Crippen molar-refractivity contribution in [2.45, 2.75) is 25.2 Å². The van der Waals surface area contributed by atoms with Gasteiger partial charge in [0.15, 0.2) is 0 Å². The minimum Gasteiger partial charge on any atom is -0.375 e. The molecule has 1 aliphatic carbocycles. The fraction of sp³-hybridized carbons (Fsp3) is 0.556. The van der Waals surface area contributed by atoms with Crippen LogP contribution in [-0.2, 0) is 9.53 Å². The molecule has 1 aliphatic heterocycles. The lowest BCUT2D eigenvalue weighted by molar-refractivity contribution is -0.134. The van der Waals surface area contributed by atoms with Crippen molar-refractivity contribution in [2.75, 3.05) is 45.2 Å².